The molecule has 3 aliphatic rings. The monoisotopic (exact) mass is 278 g/mol. The van der Waals surface area contributed by atoms with Crippen LogP contribution >= 0.6 is 0 Å². The van der Waals surface area contributed by atoms with E-state index in [9.17, 15) is 9.90 Å². The number of hydrogen-bond acceptors (Lipinski definition) is 4. The average molecular weight is 278 g/mol. The number of aliphatic hydroxyl groups is 1. The molecule has 4 heteroatoms. The average Bonchev–Trinajstić information content (AvgIpc) is 2.41. The van der Waals surface area contributed by atoms with Gasteiger partial charge in [0.25, 0.3) is 0 Å². The summed E-state index contributed by atoms with van der Waals surface area (Å²) in [4.78, 5) is 12.6. The van der Waals surface area contributed by atoms with Crippen molar-refractivity contribution in [1.29, 1.82) is 0 Å². The van der Waals surface area contributed by atoms with Crippen molar-refractivity contribution in [2.75, 3.05) is 13.7 Å². The van der Waals surface area contributed by atoms with E-state index >= 15 is 0 Å². The number of hydrogen-bond donors (Lipinski definition) is 1. The van der Waals surface area contributed by atoms with Crippen LogP contribution < -0.4 is 0 Å². The predicted octanol–water partition coefficient (Wildman–Crippen LogP) is 1.84. The normalized spacial score (nSPS) is 43.3. The molecule has 2 aliphatic carbocycles. The van der Waals surface area contributed by atoms with Gasteiger partial charge >= 0.3 is 0 Å². The summed E-state index contributed by atoms with van der Waals surface area (Å²) in [5.41, 5.74) is 0.267. The van der Waals surface area contributed by atoms with Crippen molar-refractivity contribution in [3.63, 3.8) is 0 Å². The van der Waals surface area contributed by atoms with Crippen LogP contribution in [-0.4, -0.2) is 36.3 Å². The van der Waals surface area contributed by atoms with E-state index in [0.29, 0.717) is 12.0 Å². The number of carbonyl (C=O) groups excluding carboxylic acids is 1. The number of rotatable bonds is 2. The van der Waals surface area contributed by atoms with Crippen LogP contribution in [0.5, 0.6) is 0 Å². The van der Waals surface area contributed by atoms with Crippen molar-refractivity contribution in [3.05, 3.63) is 23.5 Å². The second kappa shape index (κ2) is 4.71. The van der Waals surface area contributed by atoms with Crippen LogP contribution in [0.4, 0.5) is 0 Å². The lowest BCUT2D eigenvalue weighted by Crippen LogP contribution is -2.63. The Labute approximate surface area is 119 Å². The van der Waals surface area contributed by atoms with Gasteiger partial charge in [-0.15, -0.1) is 0 Å². The minimum absolute atomic E-state index is 0.0856. The lowest BCUT2D eigenvalue weighted by molar-refractivity contribution is -0.166. The number of methoxy groups -OCH3 is 1. The molecule has 20 heavy (non-hydrogen) atoms. The Balaban J connectivity index is 2.10. The minimum atomic E-state index is -1.41. The molecule has 0 amide bonds. The molecule has 0 aromatic rings. The zero-order valence-electron chi connectivity index (χ0n) is 12.3. The molecule has 1 aliphatic heterocycles. The van der Waals surface area contributed by atoms with Crippen LogP contribution in [0.1, 0.15) is 26.7 Å². The molecule has 0 radical (unpaired) electrons. The summed E-state index contributed by atoms with van der Waals surface area (Å²) in [5, 5.41) is 11.2. The zero-order chi connectivity index (χ0) is 14.5. The molecule has 0 spiro atoms. The first kappa shape index (κ1) is 13.8. The van der Waals surface area contributed by atoms with Gasteiger partial charge < -0.3 is 14.6 Å². The smallest absolute Gasteiger partial charge is 0.169 e. The van der Waals surface area contributed by atoms with Gasteiger partial charge in [0, 0.05) is 25.0 Å². The number of allylic oxidation sites excluding steroid dienone is 1. The molecular formula is C16H22O4. The first-order valence-corrected chi connectivity index (χ1v) is 7.26. The van der Waals surface area contributed by atoms with Gasteiger partial charge in [-0.05, 0) is 30.8 Å². The molecule has 3 rings (SSSR count). The maximum absolute atomic E-state index is 12.6. The maximum Gasteiger partial charge on any atom is 0.169 e. The SMILES string of the molecule is COCC1=CO[C@@H]2C(C)=CC[C@H]3[C@H]2[C@]1(O)C(=O)C[C@@H]3C. The van der Waals surface area contributed by atoms with Crippen LogP contribution in [0.3, 0.4) is 0 Å². The van der Waals surface area contributed by atoms with Crippen LogP contribution in [0.2, 0.25) is 0 Å². The molecule has 0 bridgehead atoms. The molecular weight excluding hydrogens is 256 g/mol. The number of ether oxygens (including phenoxy) is 2. The van der Waals surface area contributed by atoms with Crippen LogP contribution in [0.15, 0.2) is 23.5 Å². The van der Waals surface area contributed by atoms with Gasteiger partial charge in [-0.2, -0.15) is 0 Å². The predicted molar refractivity (Wildman–Crippen MR) is 73.9 cm³/mol. The summed E-state index contributed by atoms with van der Waals surface area (Å²) >= 11 is 0. The Bertz CT molecular complexity index is 493. The van der Waals surface area contributed by atoms with Crippen molar-refractivity contribution in [1.82, 2.24) is 0 Å². The largest absolute Gasteiger partial charge is 0.493 e. The first-order valence-electron chi connectivity index (χ1n) is 7.26. The second-order valence-electron chi connectivity index (χ2n) is 6.38. The summed E-state index contributed by atoms with van der Waals surface area (Å²) in [6.45, 7) is 4.34. The quantitative estimate of drug-likeness (QED) is 0.783. The fourth-order valence-corrected chi connectivity index (χ4v) is 4.12. The maximum atomic E-state index is 12.6. The van der Waals surface area contributed by atoms with Crippen molar-refractivity contribution in [3.8, 4) is 0 Å². The third-order valence-electron chi connectivity index (χ3n) is 5.24. The van der Waals surface area contributed by atoms with E-state index in [4.69, 9.17) is 9.47 Å². The number of carbonyl (C=O) groups is 1. The molecule has 0 saturated heterocycles. The minimum Gasteiger partial charge on any atom is -0.493 e. The van der Waals surface area contributed by atoms with E-state index in [1.807, 2.05) is 6.92 Å². The van der Waals surface area contributed by atoms with Gasteiger partial charge in [0.15, 0.2) is 11.4 Å². The van der Waals surface area contributed by atoms with E-state index in [-0.39, 0.29) is 36.2 Å². The highest BCUT2D eigenvalue weighted by Crippen LogP contribution is 2.52. The van der Waals surface area contributed by atoms with Crippen LogP contribution in [-0.2, 0) is 14.3 Å². The van der Waals surface area contributed by atoms with E-state index in [1.165, 1.54) is 6.26 Å². The van der Waals surface area contributed by atoms with E-state index < -0.39 is 5.60 Å². The molecule has 0 aromatic heterocycles. The summed E-state index contributed by atoms with van der Waals surface area (Å²) in [5.74, 6) is 0.300. The summed E-state index contributed by atoms with van der Waals surface area (Å²) in [7, 11) is 1.57. The van der Waals surface area contributed by atoms with Gasteiger partial charge in [0.05, 0.1) is 12.9 Å². The van der Waals surface area contributed by atoms with Gasteiger partial charge in [-0.3, -0.25) is 4.79 Å². The van der Waals surface area contributed by atoms with Crippen LogP contribution in [0, 0.1) is 17.8 Å². The van der Waals surface area contributed by atoms with E-state index in [1.54, 1.807) is 7.11 Å². The summed E-state index contributed by atoms with van der Waals surface area (Å²) < 4.78 is 11.0. The standard InChI is InChI=1S/C16H22O4/c1-9-4-5-12-10(2)6-13(17)16(18)11(7-19-3)8-20-15(9)14(12)16/h4,8,10,12,14-15,18H,5-7H2,1-3H3/t10-,12+,14+,15+,16+/m0/s1. The van der Waals surface area contributed by atoms with Crippen molar-refractivity contribution in [2.45, 2.75) is 38.4 Å². The van der Waals surface area contributed by atoms with Gasteiger partial charge in [0.1, 0.15) is 6.10 Å². The summed E-state index contributed by atoms with van der Waals surface area (Å²) in [6.07, 6.45) is 4.88. The third kappa shape index (κ3) is 1.71. The van der Waals surface area contributed by atoms with Crippen molar-refractivity contribution < 1.29 is 19.4 Å². The Morgan fingerprint density at radius 3 is 3.00 bits per heavy atom. The topological polar surface area (TPSA) is 55.8 Å². The molecule has 0 unspecified atom stereocenters. The third-order valence-corrected chi connectivity index (χ3v) is 5.24. The molecule has 0 aromatic carbocycles. The summed E-state index contributed by atoms with van der Waals surface area (Å²) in [6, 6.07) is 0. The Kier molecular flexibility index (Phi) is 3.26. The van der Waals surface area contributed by atoms with Crippen molar-refractivity contribution >= 4 is 5.78 Å². The first-order chi connectivity index (χ1) is 9.50. The molecule has 4 nitrogen and oxygen atoms in total. The fraction of sp³-hybridized carbons (Fsp3) is 0.688. The van der Waals surface area contributed by atoms with E-state index in [2.05, 4.69) is 13.0 Å². The molecule has 1 heterocycles. The Hall–Kier alpha value is -1.13. The lowest BCUT2D eigenvalue weighted by atomic mass is 9.56. The van der Waals surface area contributed by atoms with Crippen molar-refractivity contribution in [2.24, 2.45) is 17.8 Å². The van der Waals surface area contributed by atoms with Gasteiger partial charge in [-0.25, -0.2) is 0 Å². The molecule has 1 fully saturated rings. The molecule has 1 saturated carbocycles. The molecule has 110 valence electrons. The zero-order valence-corrected chi connectivity index (χ0v) is 12.3. The second-order valence-corrected chi connectivity index (χ2v) is 6.38. The lowest BCUT2D eigenvalue weighted by Gasteiger charge is -2.53. The number of Topliss-reactive ketones (excluding diaryl/α,β-unsaturated/α-hetero) is 1. The highest BCUT2D eigenvalue weighted by Gasteiger charge is 2.60. The molecule has 5 atom stereocenters. The highest BCUT2D eigenvalue weighted by molar-refractivity contribution is 5.92. The Morgan fingerprint density at radius 2 is 2.30 bits per heavy atom. The number of ketones is 1. The Morgan fingerprint density at radius 1 is 1.55 bits per heavy atom. The van der Waals surface area contributed by atoms with Crippen LogP contribution in [0.25, 0.3) is 0 Å². The molecule has 1 N–H and O–H groups in total. The highest BCUT2D eigenvalue weighted by atomic mass is 16.5. The fourth-order valence-electron chi connectivity index (χ4n) is 4.12. The van der Waals surface area contributed by atoms with Gasteiger partial charge in [0.2, 0.25) is 0 Å². The van der Waals surface area contributed by atoms with Gasteiger partial charge in [-0.1, -0.05) is 13.0 Å². The van der Waals surface area contributed by atoms with E-state index in [0.717, 1.165) is 12.0 Å².